The maximum Gasteiger partial charge on any atom is 0.0642 e. The van der Waals surface area contributed by atoms with Crippen molar-refractivity contribution in [3.8, 4) is 0 Å². The fraction of sp³-hybridized carbons (Fsp3) is 1.00. The summed E-state index contributed by atoms with van der Waals surface area (Å²) in [6.45, 7) is 9.79. The SMILES string of the molecule is CCCNC(COC)COCC(C)C. The van der Waals surface area contributed by atoms with Crippen LogP contribution in [0.1, 0.15) is 27.2 Å². The highest BCUT2D eigenvalue weighted by Gasteiger charge is 2.07. The molecule has 0 bridgehead atoms. The number of hydrogen-bond acceptors (Lipinski definition) is 3. The van der Waals surface area contributed by atoms with E-state index in [9.17, 15) is 0 Å². The smallest absolute Gasteiger partial charge is 0.0642 e. The molecule has 0 aromatic rings. The monoisotopic (exact) mass is 203 g/mol. The van der Waals surface area contributed by atoms with Crippen molar-refractivity contribution in [2.24, 2.45) is 5.92 Å². The van der Waals surface area contributed by atoms with Gasteiger partial charge < -0.3 is 14.8 Å². The molecule has 3 heteroatoms. The molecule has 1 N–H and O–H groups in total. The average molecular weight is 203 g/mol. The Hall–Kier alpha value is -0.120. The molecule has 1 atom stereocenters. The van der Waals surface area contributed by atoms with Crippen molar-refractivity contribution in [2.75, 3.05) is 33.5 Å². The largest absolute Gasteiger partial charge is 0.383 e. The summed E-state index contributed by atoms with van der Waals surface area (Å²) in [5.41, 5.74) is 0. The molecular formula is C11H25NO2. The molecular weight excluding hydrogens is 178 g/mol. The van der Waals surface area contributed by atoms with Crippen molar-refractivity contribution < 1.29 is 9.47 Å². The third kappa shape index (κ3) is 8.48. The van der Waals surface area contributed by atoms with E-state index >= 15 is 0 Å². The zero-order valence-electron chi connectivity index (χ0n) is 10.0. The zero-order chi connectivity index (χ0) is 10.8. The molecule has 86 valence electrons. The summed E-state index contributed by atoms with van der Waals surface area (Å²) in [7, 11) is 1.73. The zero-order valence-corrected chi connectivity index (χ0v) is 10.0. The molecule has 3 nitrogen and oxygen atoms in total. The molecule has 14 heavy (non-hydrogen) atoms. The van der Waals surface area contributed by atoms with Crippen molar-refractivity contribution in [3.63, 3.8) is 0 Å². The summed E-state index contributed by atoms with van der Waals surface area (Å²) in [5.74, 6) is 0.601. The van der Waals surface area contributed by atoms with Crippen LogP contribution in [0.2, 0.25) is 0 Å². The first kappa shape index (κ1) is 13.9. The number of ether oxygens (including phenoxy) is 2. The second-order valence-electron chi connectivity index (χ2n) is 4.04. The van der Waals surface area contributed by atoms with Crippen LogP contribution in [0.15, 0.2) is 0 Å². The van der Waals surface area contributed by atoms with Crippen molar-refractivity contribution in [2.45, 2.75) is 33.2 Å². The number of rotatable bonds is 9. The van der Waals surface area contributed by atoms with Crippen LogP contribution in [-0.2, 0) is 9.47 Å². The highest BCUT2D eigenvalue weighted by molar-refractivity contribution is 4.64. The molecule has 0 radical (unpaired) electrons. The topological polar surface area (TPSA) is 30.5 Å². The molecule has 0 aromatic heterocycles. The van der Waals surface area contributed by atoms with Crippen LogP contribution in [0, 0.1) is 5.92 Å². The molecule has 0 aliphatic heterocycles. The summed E-state index contributed by atoms with van der Waals surface area (Å²) in [4.78, 5) is 0. The van der Waals surface area contributed by atoms with E-state index in [-0.39, 0.29) is 0 Å². The van der Waals surface area contributed by atoms with E-state index in [0.29, 0.717) is 12.0 Å². The van der Waals surface area contributed by atoms with Crippen LogP contribution < -0.4 is 5.32 Å². The summed E-state index contributed by atoms with van der Waals surface area (Å²) < 4.78 is 10.7. The Morgan fingerprint density at radius 2 is 1.86 bits per heavy atom. The Labute approximate surface area is 88.2 Å². The Morgan fingerprint density at radius 3 is 2.36 bits per heavy atom. The van der Waals surface area contributed by atoms with Gasteiger partial charge in [-0.15, -0.1) is 0 Å². The van der Waals surface area contributed by atoms with Gasteiger partial charge in [-0.25, -0.2) is 0 Å². The maximum absolute atomic E-state index is 5.56. The van der Waals surface area contributed by atoms with Gasteiger partial charge >= 0.3 is 0 Å². The number of methoxy groups -OCH3 is 1. The predicted molar refractivity (Wildman–Crippen MR) is 59.6 cm³/mol. The minimum atomic E-state index is 0.332. The summed E-state index contributed by atoms with van der Waals surface area (Å²) in [6.07, 6.45) is 1.14. The highest BCUT2D eigenvalue weighted by Crippen LogP contribution is 1.95. The third-order valence-corrected chi connectivity index (χ3v) is 1.82. The molecule has 0 rings (SSSR count). The van der Waals surface area contributed by atoms with E-state index in [1.54, 1.807) is 7.11 Å². The van der Waals surface area contributed by atoms with Gasteiger partial charge in [0, 0.05) is 13.7 Å². The van der Waals surface area contributed by atoms with E-state index in [1.165, 1.54) is 0 Å². The van der Waals surface area contributed by atoms with Gasteiger partial charge in [-0.3, -0.25) is 0 Å². The van der Waals surface area contributed by atoms with E-state index in [0.717, 1.165) is 32.8 Å². The molecule has 1 unspecified atom stereocenters. The molecule has 0 heterocycles. The van der Waals surface area contributed by atoms with E-state index in [4.69, 9.17) is 9.47 Å². The van der Waals surface area contributed by atoms with Gasteiger partial charge in [-0.05, 0) is 18.9 Å². The molecule has 0 spiro atoms. The Balaban J connectivity index is 3.50. The van der Waals surface area contributed by atoms with Gasteiger partial charge in [-0.1, -0.05) is 20.8 Å². The van der Waals surface area contributed by atoms with Gasteiger partial charge in [0.25, 0.3) is 0 Å². The highest BCUT2D eigenvalue weighted by atomic mass is 16.5. The van der Waals surface area contributed by atoms with E-state index in [2.05, 4.69) is 26.1 Å². The molecule has 0 saturated heterocycles. The van der Waals surface area contributed by atoms with Gasteiger partial charge in [0.2, 0.25) is 0 Å². The number of nitrogens with one attached hydrogen (secondary N) is 1. The van der Waals surface area contributed by atoms with Crippen LogP contribution in [0.25, 0.3) is 0 Å². The first-order chi connectivity index (χ1) is 6.70. The normalized spacial score (nSPS) is 13.5. The molecule has 0 aliphatic rings. The van der Waals surface area contributed by atoms with Crippen molar-refractivity contribution in [3.05, 3.63) is 0 Å². The Bertz CT molecular complexity index is 118. The van der Waals surface area contributed by atoms with Crippen LogP contribution in [0.4, 0.5) is 0 Å². The minimum absolute atomic E-state index is 0.332. The van der Waals surface area contributed by atoms with Crippen LogP contribution in [-0.4, -0.2) is 39.5 Å². The molecule has 0 amide bonds. The Morgan fingerprint density at radius 1 is 1.14 bits per heavy atom. The van der Waals surface area contributed by atoms with Crippen molar-refractivity contribution in [1.82, 2.24) is 5.32 Å². The average Bonchev–Trinajstić information content (AvgIpc) is 2.13. The third-order valence-electron chi connectivity index (χ3n) is 1.82. The second kappa shape index (κ2) is 9.44. The quantitative estimate of drug-likeness (QED) is 0.618. The van der Waals surface area contributed by atoms with Crippen molar-refractivity contribution in [1.29, 1.82) is 0 Å². The van der Waals surface area contributed by atoms with Gasteiger partial charge in [0.15, 0.2) is 0 Å². The van der Waals surface area contributed by atoms with Gasteiger partial charge in [0.05, 0.1) is 19.3 Å². The first-order valence-electron chi connectivity index (χ1n) is 5.50. The molecule has 0 saturated carbocycles. The summed E-state index contributed by atoms with van der Waals surface area (Å²) in [6, 6.07) is 0.332. The van der Waals surface area contributed by atoms with Crippen LogP contribution in [0.5, 0.6) is 0 Å². The molecule has 0 aromatic carbocycles. The predicted octanol–water partition coefficient (Wildman–Crippen LogP) is 1.67. The minimum Gasteiger partial charge on any atom is -0.383 e. The lowest BCUT2D eigenvalue weighted by Crippen LogP contribution is -2.38. The van der Waals surface area contributed by atoms with Gasteiger partial charge in [-0.2, -0.15) is 0 Å². The van der Waals surface area contributed by atoms with Gasteiger partial charge in [0.1, 0.15) is 0 Å². The fourth-order valence-electron chi connectivity index (χ4n) is 1.16. The van der Waals surface area contributed by atoms with Crippen molar-refractivity contribution >= 4 is 0 Å². The van der Waals surface area contributed by atoms with E-state index in [1.807, 2.05) is 0 Å². The Kier molecular flexibility index (Phi) is 9.35. The lowest BCUT2D eigenvalue weighted by atomic mass is 10.2. The number of hydrogen-bond donors (Lipinski definition) is 1. The summed E-state index contributed by atoms with van der Waals surface area (Å²) >= 11 is 0. The lowest BCUT2D eigenvalue weighted by Gasteiger charge is -2.18. The fourth-order valence-corrected chi connectivity index (χ4v) is 1.16. The standard InChI is InChI=1S/C11H25NO2/c1-5-6-12-11(8-13-4)9-14-7-10(2)3/h10-12H,5-9H2,1-4H3. The van der Waals surface area contributed by atoms with E-state index < -0.39 is 0 Å². The maximum atomic E-state index is 5.56. The summed E-state index contributed by atoms with van der Waals surface area (Å²) in [5, 5.41) is 3.39. The lowest BCUT2D eigenvalue weighted by molar-refractivity contribution is 0.0612. The second-order valence-corrected chi connectivity index (χ2v) is 4.04. The molecule has 0 aliphatic carbocycles. The molecule has 0 fully saturated rings. The van der Waals surface area contributed by atoms with Crippen LogP contribution in [0.3, 0.4) is 0 Å². The van der Waals surface area contributed by atoms with Crippen LogP contribution >= 0.6 is 0 Å². The first-order valence-corrected chi connectivity index (χ1v) is 5.50.